The van der Waals surface area contributed by atoms with E-state index in [1.54, 1.807) is 0 Å². The molecule has 2 N–H and O–H groups in total. The van der Waals surface area contributed by atoms with Crippen LogP contribution in [0.15, 0.2) is 72.8 Å². The van der Waals surface area contributed by atoms with Crippen LogP contribution < -0.4 is 0 Å². The summed E-state index contributed by atoms with van der Waals surface area (Å²) in [6.45, 7) is 4.16. The van der Waals surface area contributed by atoms with E-state index >= 15 is 0 Å². The number of aromatic nitrogens is 4. The van der Waals surface area contributed by atoms with Gasteiger partial charge in [-0.05, 0) is 73.5 Å². The summed E-state index contributed by atoms with van der Waals surface area (Å²) in [5, 5.41) is 1.10. The van der Waals surface area contributed by atoms with Crippen LogP contribution in [-0.2, 0) is 0 Å². The van der Waals surface area contributed by atoms with Crippen molar-refractivity contribution in [2.75, 3.05) is 0 Å². The molecule has 0 amide bonds. The van der Waals surface area contributed by atoms with Gasteiger partial charge in [-0.3, -0.25) is 0 Å². The number of aromatic amines is 2. The molecule has 0 unspecified atom stereocenters. The van der Waals surface area contributed by atoms with Crippen LogP contribution in [0.5, 0.6) is 0 Å². The summed E-state index contributed by atoms with van der Waals surface area (Å²) >= 11 is 13.9. The maximum absolute atomic E-state index is 6.96. The van der Waals surface area contributed by atoms with Gasteiger partial charge in [0.05, 0.1) is 43.9 Å². The summed E-state index contributed by atoms with van der Waals surface area (Å²) in [4.78, 5) is 17.0. The predicted octanol–water partition coefficient (Wildman–Crippen LogP) is 9.91. The SMILES string of the molecule is Cc1ccc(-c2c3nc(c(Cl)c4ccc([nH]4)c(-c4ccc(C)cc4)c4ccc([nH]4)c(Cl)c4nc2C=C4)C=C3)cc1. The zero-order valence-electron chi connectivity index (χ0n) is 21.9. The highest BCUT2D eigenvalue weighted by molar-refractivity contribution is 6.36. The first-order valence-corrected chi connectivity index (χ1v) is 13.8. The zero-order valence-corrected chi connectivity index (χ0v) is 23.4. The smallest absolute Gasteiger partial charge is 0.0897 e. The molecule has 0 aliphatic carbocycles. The van der Waals surface area contributed by atoms with Gasteiger partial charge in [0, 0.05) is 22.2 Å². The average Bonchev–Trinajstić information content (AvgIpc) is 3.78. The molecule has 0 spiro atoms. The molecule has 194 valence electrons. The molecule has 4 nitrogen and oxygen atoms in total. The molecular weight excluding hydrogens is 535 g/mol. The normalized spacial score (nSPS) is 12.3. The first kappa shape index (κ1) is 24.6. The Kier molecular flexibility index (Phi) is 5.96. The van der Waals surface area contributed by atoms with E-state index in [9.17, 15) is 0 Å². The summed E-state index contributed by atoms with van der Waals surface area (Å²) < 4.78 is 0. The van der Waals surface area contributed by atoms with Crippen molar-refractivity contribution in [1.82, 2.24) is 19.9 Å². The Morgan fingerprint density at radius 1 is 0.450 bits per heavy atom. The molecule has 8 bridgehead atoms. The van der Waals surface area contributed by atoms with Gasteiger partial charge in [0.15, 0.2) is 0 Å². The Morgan fingerprint density at radius 2 is 0.825 bits per heavy atom. The minimum Gasteiger partial charge on any atom is -0.354 e. The second kappa shape index (κ2) is 9.67. The van der Waals surface area contributed by atoms with Crippen LogP contribution in [-0.4, -0.2) is 19.9 Å². The minimum atomic E-state index is 0.552. The topological polar surface area (TPSA) is 57.4 Å². The highest BCUT2D eigenvalue weighted by atomic mass is 35.5. The zero-order chi connectivity index (χ0) is 27.4. The molecule has 5 aromatic rings. The lowest BCUT2D eigenvalue weighted by Crippen LogP contribution is -1.89. The number of rotatable bonds is 2. The van der Waals surface area contributed by atoms with Crippen LogP contribution in [0.1, 0.15) is 33.9 Å². The van der Waals surface area contributed by atoms with Gasteiger partial charge in [-0.1, -0.05) is 82.9 Å². The van der Waals surface area contributed by atoms with Gasteiger partial charge in [0.2, 0.25) is 0 Å². The summed E-state index contributed by atoms with van der Waals surface area (Å²) in [5.74, 6) is 0. The van der Waals surface area contributed by atoms with Crippen molar-refractivity contribution < 1.29 is 0 Å². The number of nitrogens with one attached hydrogen (secondary N) is 2. The minimum absolute atomic E-state index is 0.552. The third kappa shape index (κ3) is 4.26. The molecule has 3 aromatic heterocycles. The maximum Gasteiger partial charge on any atom is 0.0897 e. The number of aryl methyl sites for hydroxylation is 2. The summed E-state index contributed by atoms with van der Waals surface area (Å²) in [5.41, 5.74) is 12.8. The average molecular weight is 560 g/mol. The van der Waals surface area contributed by atoms with E-state index in [-0.39, 0.29) is 0 Å². The Hall–Kier alpha value is -4.38. The largest absolute Gasteiger partial charge is 0.354 e. The van der Waals surface area contributed by atoms with Gasteiger partial charge in [-0.15, -0.1) is 0 Å². The van der Waals surface area contributed by atoms with Crippen molar-refractivity contribution in [3.63, 3.8) is 0 Å². The number of nitrogens with zero attached hydrogens (tertiary/aromatic N) is 2. The quantitative estimate of drug-likeness (QED) is 0.222. The van der Waals surface area contributed by atoms with Crippen LogP contribution in [0.2, 0.25) is 10.0 Å². The Balaban J connectivity index is 1.61. The Morgan fingerprint density at radius 3 is 1.27 bits per heavy atom. The summed E-state index contributed by atoms with van der Waals surface area (Å²) in [6, 6.07) is 24.9. The molecule has 40 heavy (non-hydrogen) atoms. The fraction of sp³-hybridized carbons (Fsp3) is 0.0588. The number of fused-ring (bicyclic) bond motifs is 8. The first-order chi connectivity index (χ1) is 19.4. The molecule has 0 fully saturated rings. The van der Waals surface area contributed by atoms with Crippen LogP contribution in [0.3, 0.4) is 0 Å². The Bertz CT molecular complexity index is 1930. The van der Waals surface area contributed by atoms with Crippen molar-refractivity contribution in [3.05, 3.63) is 117 Å². The molecule has 2 aliphatic rings. The van der Waals surface area contributed by atoms with E-state index in [1.165, 1.54) is 11.1 Å². The predicted molar refractivity (Wildman–Crippen MR) is 169 cm³/mol. The maximum atomic E-state index is 6.96. The second-order valence-corrected chi connectivity index (χ2v) is 10.9. The van der Waals surface area contributed by atoms with E-state index in [1.807, 2.05) is 36.4 Å². The first-order valence-electron chi connectivity index (χ1n) is 13.1. The molecule has 7 rings (SSSR count). The standard InChI is InChI=1S/C34H24Cl2N4/c1-19-3-7-21(8-4-19)31-23-11-15-27(37-23)33(35)29-17-13-25(39-29)32(22-9-5-20(2)6-10-22)26-14-18-30(40-26)34(36)28-16-12-24(31)38-28/h3-18,37-38H,1-2H3. The molecule has 0 saturated carbocycles. The fourth-order valence-electron chi connectivity index (χ4n) is 5.18. The van der Waals surface area contributed by atoms with Gasteiger partial charge in [-0.2, -0.15) is 0 Å². The Labute approximate surface area is 241 Å². The van der Waals surface area contributed by atoms with E-state index in [0.717, 1.165) is 55.7 Å². The van der Waals surface area contributed by atoms with Gasteiger partial charge < -0.3 is 9.97 Å². The number of benzene rings is 2. The number of halogens is 2. The molecule has 2 aliphatic heterocycles. The van der Waals surface area contributed by atoms with Crippen molar-refractivity contribution in [1.29, 1.82) is 0 Å². The van der Waals surface area contributed by atoms with Gasteiger partial charge >= 0.3 is 0 Å². The molecule has 0 atom stereocenters. The molecule has 6 heteroatoms. The molecule has 5 heterocycles. The van der Waals surface area contributed by atoms with E-state index in [0.29, 0.717) is 21.4 Å². The lowest BCUT2D eigenvalue weighted by atomic mass is 10.0. The molecule has 0 radical (unpaired) electrons. The van der Waals surface area contributed by atoms with Gasteiger partial charge in [0.1, 0.15) is 0 Å². The van der Waals surface area contributed by atoms with E-state index in [2.05, 4.69) is 84.5 Å². The third-order valence-electron chi connectivity index (χ3n) is 7.31. The molecular formula is C34H24Cl2N4. The monoisotopic (exact) mass is 558 g/mol. The second-order valence-electron chi connectivity index (χ2n) is 10.1. The van der Waals surface area contributed by atoms with Crippen LogP contribution in [0.25, 0.3) is 68.6 Å². The lowest BCUT2D eigenvalue weighted by molar-refractivity contribution is 1.27. The number of hydrogen-bond acceptors (Lipinski definition) is 2. The lowest BCUT2D eigenvalue weighted by Gasteiger charge is -2.05. The van der Waals surface area contributed by atoms with Crippen LogP contribution in [0, 0.1) is 13.8 Å². The van der Waals surface area contributed by atoms with Crippen LogP contribution >= 0.6 is 23.2 Å². The van der Waals surface area contributed by atoms with Crippen LogP contribution in [0.4, 0.5) is 0 Å². The van der Waals surface area contributed by atoms with Crippen molar-refractivity contribution in [2.24, 2.45) is 0 Å². The third-order valence-corrected chi connectivity index (χ3v) is 8.10. The summed E-state index contributed by atoms with van der Waals surface area (Å²) in [6.07, 6.45) is 7.90. The van der Waals surface area contributed by atoms with E-state index in [4.69, 9.17) is 33.2 Å². The number of hydrogen-bond donors (Lipinski definition) is 2. The van der Waals surface area contributed by atoms with Crippen molar-refractivity contribution in [2.45, 2.75) is 13.8 Å². The van der Waals surface area contributed by atoms with Crippen molar-refractivity contribution >= 4 is 69.6 Å². The summed E-state index contributed by atoms with van der Waals surface area (Å²) in [7, 11) is 0. The molecule has 2 aromatic carbocycles. The highest BCUT2D eigenvalue weighted by Gasteiger charge is 2.17. The van der Waals surface area contributed by atoms with Crippen molar-refractivity contribution in [3.8, 4) is 22.3 Å². The highest BCUT2D eigenvalue weighted by Crippen LogP contribution is 2.36. The van der Waals surface area contributed by atoms with Gasteiger partial charge in [-0.25, -0.2) is 9.97 Å². The fourth-order valence-corrected chi connectivity index (χ4v) is 5.62. The van der Waals surface area contributed by atoms with Gasteiger partial charge in [0.25, 0.3) is 0 Å². The van der Waals surface area contributed by atoms with E-state index < -0.39 is 0 Å². The number of H-pyrrole nitrogens is 2. The molecule has 0 saturated heterocycles.